The lowest BCUT2D eigenvalue weighted by Crippen LogP contribution is -2.28. The number of nitrogens with zero attached hydrogens (tertiary/aromatic N) is 1. The van der Waals surface area contributed by atoms with Gasteiger partial charge in [0.1, 0.15) is 5.75 Å². The number of halogens is 1. The average molecular weight is 361 g/mol. The Morgan fingerprint density at radius 3 is 2.65 bits per heavy atom. The number of hydrogen-bond acceptors (Lipinski definition) is 5. The Labute approximate surface area is 148 Å². The van der Waals surface area contributed by atoms with Crippen LogP contribution < -0.4 is 15.4 Å². The highest BCUT2D eigenvalue weighted by atomic mass is 19.1. The quantitative estimate of drug-likeness (QED) is 0.581. The molecule has 0 atom stereocenters. The molecule has 2 amide bonds. The molecular weight excluding hydrogens is 345 g/mol. The van der Waals surface area contributed by atoms with Crippen LogP contribution in [0.4, 0.5) is 15.8 Å². The number of amides is 2. The molecule has 9 heteroatoms. The number of hydrogen-bond donors (Lipinski definition) is 2. The van der Waals surface area contributed by atoms with E-state index in [1.807, 2.05) is 0 Å². The predicted molar refractivity (Wildman–Crippen MR) is 91.6 cm³/mol. The van der Waals surface area contributed by atoms with Crippen molar-refractivity contribution < 1.29 is 23.6 Å². The highest BCUT2D eigenvalue weighted by Gasteiger charge is 2.16. The molecule has 0 heterocycles. The molecule has 136 valence electrons. The molecule has 2 N–H and O–H groups in total. The molecule has 0 radical (unpaired) electrons. The standard InChI is InChI=1S/C17H16FN3O5/c1-26-15-5-3-2-4-12(15)17(23)19-9-8-16(22)20-11-6-7-13(18)14(10-11)21(24)25/h2-7,10H,8-9H2,1H3,(H,19,23)(H,20,22). The second-order valence-corrected chi connectivity index (χ2v) is 5.18. The number of rotatable bonds is 7. The molecular formula is C17H16FN3O5. The van der Waals surface area contributed by atoms with Crippen LogP contribution in [0, 0.1) is 15.9 Å². The van der Waals surface area contributed by atoms with Gasteiger partial charge in [0.05, 0.1) is 17.6 Å². The van der Waals surface area contributed by atoms with Gasteiger partial charge in [-0.2, -0.15) is 4.39 Å². The topological polar surface area (TPSA) is 111 Å². The van der Waals surface area contributed by atoms with Crippen LogP contribution in [-0.2, 0) is 4.79 Å². The predicted octanol–water partition coefficient (Wildman–Crippen LogP) is 2.50. The van der Waals surface area contributed by atoms with E-state index in [1.54, 1.807) is 24.3 Å². The summed E-state index contributed by atoms with van der Waals surface area (Å²) < 4.78 is 18.3. The Hall–Kier alpha value is -3.49. The molecule has 2 aromatic rings. The average Bonchev–Trinajstić information content (AvgIpc) is 2.62. The lowest BCUT2D eigenvalue weighted by atomic mass is 10.2. The number of nitrogens with one attached hydrogen (secondary N) is 2. The third kappa shape index (κ3) is 4.76. The second-order valence-electron chi connectivity index (χ2n) is 5.18. The van der Waals surface area contributed by atoms with Gasteiger partial charge in [0.25, 0.3) is 5.91 Å². The molecule has 0 saturated carbocycles. The highest BCUT2D eigenvalue weighted by Crippen LogP contribution is 2.21. The van der Waals surface area contributed by atoms with E-state index in [1.165, 1.54) is 13.2 Å². The van der Waals surface area contributed by atoms with E-state index in [0.29, 0.717) is 11.3 Å². The number of nitro benzene ring substituents is 1. The van der Waals surface area contributed by atoms with Crippen molar-refractivity contribution in [3.8, 4) is 5.75 Å². The zero-order valence-corrected chi connectivity index (χ0v) is 13.8. The smallest absolute Gasteiger partial charge is 0.306 e. The van der Waals surface area contributed by atoms with Gasteiger partial charge in [-0.3, -0.25) is 19.7 Å². The van der Waals surface area contributed by atoms with Crippen LogP contribution in [0.3, 0.4) is 0 Å². The Morgan fingerprint density at radius 2 is 1.96 bits per heavy atom. The van der Waals surface area contributed by atoms with Crippen molar-refractivity contribution >= 4 is 23.2 Å². The maximum Gasteiger partial charge on any atom is 0.306 e. The van der Waals surface area contributed by atoms with E-state index in [0.717, 1.165) is 12.1 Å². The maximum absolute atomic E-state index is 13.3. The van der Waals surface area contributed by atoms with Crippen molar-refractivity contribution in [3.05, 3.63) is 64.0 Å². The lowest BCUT2D eigenvalue weighted by molar-refractivity contribution is -0.387. The first-order valence-corrected chi connectivity index (χ1v) is 7.57. The summed E-state index contributed by atoms with van der Waals surface area (Å²) in [7, 11) is 1.45. The molecule has 0 fully saturated rings. The molecule has 0 aromatic heterocycles. The van der Waals surface area contributed by atoms with Crippen molar-refractivity contribution in [2.24, 2.45) is 0 Å². The zero-order valence-electron chi connectivity index (χ0n) is 13.8. The van der Waals surface area contributed by atoms with Gasteiger partial charge in [-0.25, -0.2) is 0 Å². The minimum absolute atomic E-state index is 0.0476. The fourth-order valence-electron chi connectivity index (χ4n) is 2.17. The van der Waals surface area contributed by atoms with Crippen LogP contribution in [0.25, 0.3) is 0 Å². The van der Waals surface area contributed by atoms with Gasteiger partial charge in [-0.05, 0) is 24.3 Å². The number of nitro groups is 1. The number of para-hydroxylation sites is 1. The summed E-state index contributed by atoms with van der Waals surface area (Å²) >= 11 is 0. The minimum atomic E-state index is -0.989. The van der Waals surface area contributed by atoms with Crippen molar-refractivity contribution in [1.82, 2.24) is 5.32 Å². The maximum atomic E-state index is 13.3. The first kappa shape index (κ1) is 18.8. The first-order valence-electron chi connectivity index (χ1n) is 7.57. The number of ether oxygens (including phenoxy) is 1. The molecule has 0 aliphatic carbocycles. The van der Waals surface area contributed by atoms with Gasteiger partial charge in [0, 0.05) is 24.7 Å². The summed E-state index contributed by atoms with van der Waals surface area (Å²) in [6, 6.07) is 9.69. The normalized spacial score (nSPS) is 10.1. The fourth-order valence-corrected chi connectivity index (χ4v) is 2.17. The van der Waals surface area contributed by atoms with Gasteiger partial charge in [-0.15, -0.1) is 0 Å². The second kappa shape index (κ2) is 8.56. The number of benzene rings is 2. The van der Waals surface area contributed by atoms with Gasteiger partial charge in [0.15, 0.2) is 0 Å². The van der Waals surface area contributed by atoms with Crippen LogP contribution in [0.5, 0.6) is 5.75 Å². The Kier molecular flexibility index (Phi) is 6.20. The Morgan fingerprint density at radius 1 is 1.23 bits per heavy atom. The minimum Gasteiger partial charge on any atom is -0.496 e. The van der Waals surface area contributed by atoms with Crippen molar-refractivity contribution in [1.29, 1.82) is 0 Å². The van der Waals surface area contributed by atoms with Crippen LogP contribution in [0.2, 0.25) is 0 Å². The van der Waals surface area contributed by atoms with Gasteiger partial charge in [0.2, 0.25) is 11.7 Å². The summed E-state index contributed by atoms with van der Waals surface area (Å²) in [4.78, 5) is 33.8. The summed E-state index contributed by atoms with van der Waals surface area (Å²) in [5.41, 5.74) is -0.295. The number of carbonyl (C=O) groups excluding carboxylic acids is 2. The molecule has 0 aliphatic heterocycles. The third-order valence-electron chi connectivity index (χ3n) is 3.42. The molecule has 0 saturated heterocycles. The molecule has 0 unspecified atom stereocenters. The number of carbonyl (C=O) groups is 2. The van der Waals surface area contributed by atoms with E-state index in [-0.39, 0.29) is 18.7 Å². The van der Waals surface area contributed by atoms with Crippen LogP contribution in [-0.4, -0.2) is 30.4 Å². The summed E-state index contributed by atoms with van der Waals surface area (Å²) in [6.07, 6.45) is -0.0634. The van der Waals surface area contributed by atoms with Crippen molar-refractivity contribution in [2.75, 3.05) is 19.0 Å². The van der Waals surface area contributed by atoms with E-state index in [2.05, 4.69) is 10.6 Å². The summed E-state index contributed by atoms with van der Waals surface area (Å²) in [5.74, 6) is -1.45. The van der Waals surface area contributed by atoms with Gasteiger partial charge in [-0.1, -0.05) is 12.1 Å². The van der Waals surface area contributed by atoms with Crippen molar-refractivity contribution in [3.63, 3.8) is 0 Å². The van der Waals surface area contributed by atoms with Crippen LogP contribution >= 0.6 is 0 Å². The summed E-state index contributed by atoms with van der Waals surface area (Å²) in [5, 5.41) is 15.7. The Balaban J connectivity index is 1.88. The summed E-state index contributed by atoms with van der Waals surface area (Å²) in [6.45, 7) is 0.0476. The number of anilines is 1. The first-order chi connectivity index (χ1) is 12.4. The van der Waals surface area contributed by atoms with Crippen molar-refractivity contribution in [2.45, 2.75) is 6.42 Å². The zero-order chi connectivity index (χ0) is 19.1. The molecule has 0 bridgehead atoms. The molecule has 2 rings (SSSR count). The molecule has 0 spiro atoms. The fraction of sp³-hybridized carbons (Fsp3) is 0.176. The number of methoxy groups -OCH3 is 1. The molecule has 26 heavy (non-hydrogen) atoms. The van der Waals surface area contributed by atoms with E-state index in [9.17, 15) is 24.1 Å². The third-order valence-corrected chi connectivity index (χ3v) is 3.42. The molecule has 2 aromatic carbocycles. The van der Waals surface area contributed by atoms with E-state index >= 15 is 0 Å². The van der Waals surface area contributed by atoms with E-state index in [4.69, 9.17) is 4.74 Å². The monoisotopic (exact) mass is 361 g/mol. The highest BCUT2D eigenvalue weighted by molar-refractivity contribution is 5.97. The van der Waals surface area contributed by atoms with E-state index < -0.39 is 28.2 Å². The Bertz CT molecular complexity index is 841. The SMILES string of the molecule is COc1ccccc1C(=O)NCCC(=O)Nc1ccc(F)c([N+](=O)[O-])c1. The van der Waals surface area contributed by atoms with Gasteiger partial charge >= 0.3 is 5.69 Å². The van der Waals surface area contributed by atoms with Crippen LogP contribution in [0.15, 0.2) is 42.5 Å². The van der Waals surface area contributed by atoms with Gasteiger partial charge < -0.3 is 15.4 Å². The van der Waals surface area contributed by atoms with Crippen LogP contribution in [0.1, 0.15) is 16.8 Å². The molecule has 0 aliphatic rings. The largest absolute Gasteiger partial charge is 0.496 e. The lowest BCUT2D eigenvalue weighted by Gasteiger charge is -2.09. The molecule has 8 nitrogen and oxygen atoms in total.